The summed E-state index contributed by atoms with van der Waals surface area (Å²) in [5, 5.41) is 7.52. The number of carbonyl (C=O) groups is 1. The van der Waals surface area contributed by atoms with Crippen molar-refractivity contribution in [3.63, 3.8) is 0 Å². The first-order valence-electron chi connectivity index (χ1n) is 11.1. The van der Waals surface area contributed by atoms with Gasteiger partial charge in [-0.2, -0.15) is 5.10 Å². The lowest BCUT2D eigenvalue weighted by Gasteiger charge is -2.32. The number of ketones is 1. The SMILES string of the molecule is COc1ccc(C(=O)[C@H]2CCCN(Cc3cn[nH]c3-c3cc(C)ccc3C)C2)cc1OC. The minimum absolute atomic E-state index is 0.0297. The lowest BCUT2D eigenvalue weighted by molar-refractivity contribution is 0.0811. The molecule has 168 valence electrons. The van der Waals surface area contributed by atoms with Crippen molar-refractivity contribution in [1.82, 2.24) is 15.1 Å². The van der Waals surface area contributed by atoms with Gasteiger partial charge in [-0.25, -0.2) is 0 Å². The predicted octanol–water partition coefficient (Wildman–Crippen LogP) is 4.81. The highest BCUT2D eigenvalue weighted by atomic mass is 16.5. The van der Waals surface area contributed by atoms with E-state index in [1.165, 1.54) is 16.7 Å². The van der Waals surface area contributed by atoms with Crippen LogP contribution in [0.3, 0.4) is 0 Å². The van der Waals surface area contributed by atoms with Crippen LogP contribution in [0.5, 0.6) is 11.5 Å². The van der Waals surface area contributed by atoms with Gasteiger partial charge in [0, 0.05) is 35.7 Å². The topological polar surface area (TPSA) is 67.5 Å². The minimum atomic E-state index is -0.0297. The van der Waals surface area contributed by atoms with Gasteiger partial charge < -0.3 is 9.47 Å². The summed E-state index contributed by atoms with van der Waals surface area (Å²) in [6.07, 6.45) is 3.82. The number of likely N-dealkylation sites (tertiary alicyclic amines) is 1. The summed E-state index contributed by atoms with van der Waals surface area (Å²) in [6.45, 7) is 6.72. The summed E-state index contributed by atoms with van der Waals surface area (Å²) in [5.74, 6) is 1.35. The Balaban J connectivity index is 1.50. The number of aryl methyl sites for hydroxylation is 2. The van der Waals surface area contributed by atoms with E-state index in [1.807, 2.05) is 12.3 Å². The zero-order valence-corrected chi connectivity index (χ0v) is 19.3. The highest BCUT2D eigenvalue weighted by Gasteiger charge is 2.28. The maximum Gasteiger partial charge on any atom is 0.167 e. The monoisotopic (exact) mass is 433 g/mol. The van der Waals surface area contributed by atoms with Gasteiger partial charge in [-0.15, -0.1) is 0 Å². The molecule has 6 nitrogen and oxygen atoms in total. The molecule has 0 aliphatic carbocycles. The first-order valence-corrected chi connectivity index (χ1v) is 11.1. The van der Waals surface area contributed by atoms with E-state index in [0.29, 0.717) is 17.1 Å². The van der Waals surface area contributed by atoms with Gasteiger partial charge >= 0.3 is 0 Å². The van der Waals surface area contributed by atoms with E-state index in [-0.39, 0.29) is 11.7 Å². The van der Waals surface area contributed by atoms with Gasteiger partial charge in [-0.3, -0.25) is 14.8 Å². The number of benzene rings is 2. The quantitative estimate of drug-likeness (QED) is 0.542. The van der Waals surface area contributed by atoms with Gasteiger partial charge in [-0.1, -0.05) is 17.7 Å². The molecular formula is C26H31N3O3. The van der Waals surface area contributed by atoms with Crippen molar-refractivity contribution in [2.45, 2.75) is 33.2 Å². The Morgan fingerprint density at radius 3 is 2.72 bits per heavy atom. The van der Waals surface area contributed by atoms with Crippen molar-refractivity contribution in [3.05, 3.63) is 64.8 Å². The lowest BCUT2D eigenvalue weighted by Crippen LogP contribution is -2.38. The van der Waals surface area contributed by atoms with Crippen LogP contribution in [0.15, 0.2) is 42.6 Å². The number of aromatic nitrogens is 2. The molecule has 6 heteroatoms. The van der Waals surface area contributed by atoms with Crippen LogP contribution < -0.4 is 9.47 Å². The van der Waals surface area contributed by atoms with E-state index in [1.54, 1.807) is 26.4 Å². The standard InChI is InChI=1S/C26H31N3O3/c1-17-7-8-18(2)22(12-17)25-21(14-27-28-25)16-29-11-5-6-20(15-29)26(30)19-9-10-23(31-3)24(13-19)32-4/h7-10,12-14,20H,5-6,11,15-16H2,1-4H3,(H,27,28)/t20-/m0/s1. The van der Waals surface area contributed by atoms with Crippen LogP contribution in [-0.2, 0) is 6.54 Å². The first kappa shape index (κ1) is 22.1. The number of nitrogens with one attached hydrogen (secondary N) is 1. The number of rotatable bonds is 7. The molecule has 1 aliphatic heterocycles. The molecular weight excluding hydrogens is 402 g/mol. The zero-order chi connectivity index (χ0) is 22.7. The Hall–Kier alpha value is -3.12. The molecule has 1 saturated heterocycles. The normalized spacial score (nSPS) is 16.7. The third kappa shape index (κ3) is 4.55. The summed E-state index contributed by atoms with van der Waals surface area (Å²) in [6, 6.07) is 11.9. The van der Waals surface area contributed by atoms with Crippen molar-refractivity contribution in [2.75, 3.05) is 27.3 Å². The molecule has 0 saturated carbocycles. The van der Waals surface area contributed by atoms with Crippen molar-refractivity contribution < 1.29 is 14.3 Å². The predicted molar refractivity (Wildman–Crippen MR) is 125 cm³/mol. The molecule has 1 N–H and O–H groups in total. The van der Waals surface area contributed by atoms with E-state index in [9.17, 15) is 4.79 Å². The Kier molecular flexibility index (Phi) is 6.61. The summed E-state index contributed by atoms with van der Waals surface area (Å²) < 4.78 is 10.7. The molecule has 0 bridgehead atoms. The van der Waals surface area contributed by atoms with Gasteiger partial charge in [-0.05, 0) is 63.1 Å². The van der Waals surface area contributed by atoms with Crippen LogP contribution in [0.25, 0.3) is 11.3 Å². The molecule has 1 atom stereocenters. The number of aromatic amines is 1. The Morgan fingerprint density at radius 1 is 1.12 bits per heavy atom. The van der Waals surface area contributed by atoms with Crippen LogP contribution in [0.2, 0.25) is 0 Å². The number of Topliss-reactive ketones (excluding diaryl/α,β-unsaturated/α-hetero) is 1. The number of hydrogen-bond donors (Lipinski definition) is 1. The highest BCUT2D eigenvalue weighted by molar-refractivity contribution is 5.98. The van der Waals surface area contributed by atoms with Gasteiger partial charge in [0.15, 0.2) is 17.3 Å². The Labute approximate surface area is 189 Å². The van der Waals surface area contributed by atoms with Crippen molar-refractivity contribution in [1.29, 1.82) is 0 Å². The molecule has 4 rings (SSSR count). The largest absolute Gasteiger partial charge is 0.493 e. The van der Waals surface area contributed by atoms with Gasteiger partial charge in [0.05, 0.1) is 26.1 Å². The maximum atomic E-state index is 13.2. The van der Waals surface area contributed by atoms with Gasteiger partial charge in [0.2, 0.25) is 0 Å². The fraction of sp³-hybridized carbons (Fsp3) is 0.385. The molecule has 0 spiro atoms. The third-order valence-electron chi connectivity index (χ3n) is 6.32. The summed E-state index contributed by atoms with van der Waals surface area (Å²) in [4.78, 5) is 15.6. The number of piperidine rings is 1. The van der Waals surface area contributed by atoms with E-state index < -0.39 is 0 Å². The van der Waals surface area contributed by atoms with Crippen LogP contribution >= 0.6 is 0 Å². The van der Waals surface area contributed by atoms with Gasteiger partial charge in [0.1, 0.15) is 0 Å². The fourth-order valence-electron chi connectivity index (χ4n) is 4.55. The van der Waals surface area contributed by atoms with Crippen LogP contribution in [0, 0.1) is 19.8 Å². The lowest BCUT2D eigenvalue weighted by atomic mass is 9.89. The Bertz CT molecular complexity index is 1110. The summed E-state index contributed by atoms with van der Waals surface area (Å²) in [7, 11) is 3.19. The molecule has 1 fully saturated rings. The number of hydrogen-bond acceptors (Lipinski definition) is 5. The molecule has 1 aromatic heterocycles. The summed E-state index contributed by atoms with van der Waals surface area (Å²) in [5.41, 5.74) is 6.55. The number of ether oxygens (including phenoxy) is 2. The molecule has 2 heterocycles. The number of nitrogens with zero attached hydrogens (tertiary/aromatic N) is 2. The van der Waals surface area contributed by atoms with E-state index in [2.05, 4.69) is 47.1 Å². The molecule has 0 radical (unpaired) electrons. The molecule has 2 aromatic carbocycles. The third-order valence-corrected chi connectivity index (χ3v) is 6.32. The molecule has 3 aromatic rings. The second kappa shape index (κ2) is 9.57. The second-order valence-electron chi connectivity index (χ2n) is 8.60. The van der Waals surface area contributed by atoms with Crippen molar-refractivity contribution in [2.24, 2.45) is 5.92 Å². The zero-order valence-electron chi connectivity index (χ0n) is 19.3. The number of H-pyrrole nitrogens is 1. The highest BCUT2D eigenvalue weighted by Crippen LogP contribution is 2.31. The van der Waals surface area contributed by atoms with Crippen LogP contribution in [0.1, 0.15) is 39.9 Å². The average Bonchev–Trinajstić information content (AvgIpc) is 3.27. The Morgan fingerprint density at radius 2 is 1.94 bits per heavy atom. The van der Waals surface area contributed by atoms with Crippen molar-refractivity contribution in [3.8, 4) is 22.8 Å². The first-order chi connectivity index (χ1) is 15.5. The van der Waals surface area contributed by atoms with E-state index in [4.69, 9.17) is 9.47 Å². The van der Waals surface area contributed by atoms with E-state index >= 15 is 0 Å². The molecule has 1 aliphatic rings. The summed E-state index contributed by atoms with van der Waals surface area (Å²) >= 11 is 0. The smallest absolute Gasteiger partial charge is 0.167 e. The minimum Gasteiger partial charge on any atom is -0.493 e. The van der Waals surface area contributed by atoms with Crippen molar-refractivity contribution >= 4 is 5.78 Å². The van der Waals surface area contributed by atoms with E-state index in [0.717, 1.165) is 43.7 Å². The molecule has 32 heavy (non-hydrogen) atoms. The van der Waals surface area contributed by atoms with Gasteiger partial charge in [0.25, 0.3) is 0 Å². The van der Waals surface area contributed by atoms with Crippen LogP contribution in [-0.4, -0.2) is 48.2 Å². The maximum absolute atomic E-state index is 13.2. The average molecular weight is 434 g/mol. The number of methoxy groups -OCH3 is 2. The molecule has 0 unspecified atom stereocenters. The second-order valence-corrected chi connectivity index (χ2v) is 8.60. The van der Waals surface area contributed by atoms with Crippen LogP contribution in [0.4, 0.5) is 0 Å². The fourth-order valence-corrected chi connectivity index (χ4v) is 4.55. The number of carbonyl (C=O) groups excluding carboxylic acids is 1. The molecule has 0 amide bonds.